The molecule has 57 heavy (non-hydrogen) atoms. The van der Waals surface area contributed by atoms with Gasteiger partial charge in [0.15, 0.2) is 17.5 Å². The van der Waals surface area contributed by atoms with Crippen LogP contribution in [0.5, 0.6) is 0 Å². The molecule has 0 saturated heterocycles. The Balaban J connectivity index is 1.00. The lowest BCUT2D eigenvalue weighted by Crippen LogP contribution is -2.00. The van der Waals surface area contributed by atoms with Gasteiger partial charge in [-0.05, 0) is 77.9 Å². The van der Waals surface area contributed by atoms with E-state index in [1.807, 2.05) is 48.5 Å². The largest absolute Gasteiger partial charge is 0.456 e. The second kappa shape index (κ2) is 12.3. The SMILES string of the molecule is c1cc(-c2cccc(-n3c4ccccc4c4ccccc43)c2)cc(-c2nc(-c3ccc4c(c3)oc3ccccc34)nc(-c3ccc4c(c3)oc3ccccc34)n2)c1. The number of rotatable bonds is 5. The summed E-state index contributed by atoms with van der Waals surface area (Å²) in [7, 11) is 0. The van der Waals surface area contributed by atoms with Gasteiger partial charge in [-0.3, -0.25) is 0 Å². The van der Waals surface area contributed by atoms with Crippen LogP contribution in [0.1, 0.15) is 0 Å². The summed E-state index contributed by atoms with van der Waals surface area (Å²) in [5, 5.41) is 6.73. The molecule has 8 aromatic carbocycles. The number of hydrogen-bond donors (Lipinski definition) is 0. The Bertz CT molecular complexity index is 3370. The van der Waals surface area contributed by atoms with Crippen molar-refractivity contribution in [2.45, 2.75) is 0 Å². The molecule has 4 heterocycles. The fraction of sp³-hybridized carbons (Fsp3) is 0. The summed E-state index contributed by atoms with van der Waals surface area (Å²) < 4.78 is 14.9. The zero-order chi connectivity index (χ0) is 37.5. The van der Waals surface area contributed by atoms with Gasteiger partial charge in [-0.25, -0.2) is 15.0 Å². The van der Waals surface area contributed by atoms with Crippen LogP contribution < -0.4 is 0 Å². The minimum Gasteiger partial charge on any atom is -0.456 e. The quantitative estimate of drug-likeness (QED) is 0.176. The molecule has 12 aromatic rings. The minimum atomic E-state index is 0.556. The molecular weight excluding hydrogens is 701 g/mol. The van der Waals surface area contributed by atoms with Crippen molar-refractivity contribution in [3.8, 4) is 51.0 Å². The molecule has 0 amide bonds. The van der Waals surface area contributed by atoms with E-state index in [1.165, 1.54) is 21.8 Å². The van der Waals surface area contributed by atoms with Crippen LogP contribution >= 0.6 is 0 Å². The molecule has 6 heteroatoms. The van der Waals surface area contributed by atoms with E-state index >= 15 is 0 Å². The molecule has 0 bridgehead atoms. The number of hydrogen-bond acceptors (Lipinski definition) is 5. The van der Waals surface area contributed by atoms with E-state index in [9.17, 15) is 0 Å². The van der Waals surface area contributed by atoms with E-state index in [0.717, 1.165) is 77.4 Å². The highest BCUT2D eigenvalue weighted by atomic mass is 16.3. The third-order valence-corrected chi connectivity index (χ3v) is 11.0. The summed E-state index contributed by atoms with van der Waals surface area (Å²) >= 11 is 0. The number of nitrogens with zero attached hydrogens (tertiary/aromatic N) is 4. The van der Waals surface area contributed by atoms with Crippen molar-refractivity contribution >= 4 is 65.7 Å². The molecule has 0 N–H and O–H groups in total. The van der Waals surface area contributed by atoms with Crippen LogP contribution in [-0.4, -0.2) is 19.5 Å². The molecule has 0 spiro atoms. The summed E-state index contributed by atoms with van der Waals surface area (Å²) in [5.74, 6) is 1.69. The molecule has 0 unspecified atom stereocenters. The predicted octanol–water partition coefficient (Wildman–Crippen LogP) is 13.4. The summed E-state index contributed by atoms with van der Waals surface area (Å²) in [6, 6.07) is 62.9. The summed E-state index contributed by atoms with van der Waals surface area (Å²) in [6.07, 6.45) is 0. The van der Waals surface area contributed by atoms with Crippen molar-refractivity contribution in [1.82, 2.24) is 19.5 Å². The molecular formula is C51H30N4O2. The Labute approximate surface area is 325 Å². The maximum atomic E-state index is 6.28. The van der Waals surface area contributed by atoms with E-state index in [-0.39, 0.29) is 0 Å². The van der Waals surface area contributed by atoms with E-state index in [1.54, 1.807) is 0 Å². The smallest absolute Gasteiger partial charge is 0.164 e. The average molecular weight is 731 g/mol. The van der Waals surface area contributed by atoms with Gasteiger partial charge in [0.2, 0.25) is 0 Å². The van der Waals surface area contributed by atoms with Crippen LogP contribution in [0.4, 0.5) is 0 Å². The Morgan fingerprint density at radius 1 is 0.298 bits per heavy atom. The van der Waals surface area contributed by atoms with Crippen molar-refractivity contribution in [2.24, 2.45) is 0 Å². The first-order valence-electron chi connectivity index (χ1n) is 19.0. The fourth-order valence-electron chi connectivity index (χ4n) is 8.36. The molecule has 6 nitrogen and oxygen atoms in total. The molecule has 12 rings (SSSR count). The third kappa shape index (κ3) is 5.08. The predicted molar refractivity (Wildman–Crippen MR) is 230 cm³/mol. The molecule has 266 valence electrons. The zero-order valence-electron chi connectivity index (χ0n) is 30.4. The zero-order valence-corrected chi connectivity index (χ0v) is 30.4. The lowest BCUT2D eigenvalue weighted by atomic mass is 10.0. The van der Waals surface area contributed by atoms with E-state index in [2.05, 4.69) is 138 Å². The molecule has 0 radical (unpaired) electrons. The number of furan rings is 2. The van der Waals surface area contributed by atoms with Gasteiger partial charge < -0.3 is 13.4 Å². The van der Waals surface area contributed by atoms with Crippen LogP contribution in [0.2, 0.25) is 0 Å². The number of aromatic nitrogens is 4. The van der Waals surface area contributed by atoms with Crippen molar-refractivity contribution in [3.05, 3.63) is 182 Å². The van der Waals surface area contributed by atoms with Gasteiger partial charge in [0.1, 0.15) is 22.3 Å². The second-order valence-electron chi connectivity index (χ2n) is 14.4. The number of para-hydroxylation sites is 4. The Hall–Kier alpha value is -7.83. The fourth-order valence-corrected chi connectivity index (χ4v) is 8.36. The van der Waals surface area contributed by atoms with Crippen LogP contribution in [0, 0.1) is 0 Å². The normalized spacial score (nSPS) is 11.9. The van der Waals surface area contributed by atoms with Gasteiger partial charge in [-0.15, -0.1) is 0 Å². The Morgan fingerprint density at radius 3 is 1.28 bits per heavy atom. The van der Waals surface area contributed by atoms with Gasteiger partial charge in [0, 0.05) is 54.7 Å². The molecule has 0 fully saturated rings. The number of fused-ring (bicyclic) bond motifs is 9. The lowest BCUT2D eigenvalue weighted by molar-refractivity contribution is 0.668. The summed E-state index contributed by atoms with van der Waals surface area (Å²) in [4.78, 5) is 15.3. The van der Waals surface area contributed by atoms with Gasteiger partial charge in [-0.2, -0.15) is 0 Å². The van der Waals surface area contributed by atoms with E-state index < -0.39 is 0 Å². The number of benzene rings is 8. The van der Waals surface area contributed by atoms with E-state index in [0.29, 0.717) is 17.5 Å². The summed E-state index contributed by atoms with van der Waals surface area (Å²) in [5.41, 5.74) is 11.4. The molecule has 0 atom stereocenters. The first-order valence-corrected chi connectivity index (χ1v) is 19.0. The van der Waals surface area contributed by atoms with Crippen molar-refractivity contribution in [3.63, 3.8) is 0 Å². The average Bonchev–Trinajstić information content (AvgIpc) is 3.95. The first kappa shape index (κ1) is 31.5. The van der Waals surface area contributed by atoms with Gasteiger partial charge in [-0.1, -0.05) is 115 Å². The maximum Gasteiger partial charge on any atom is 0.164 e. The third-order valence-electron chi connectivity index (χ3n) is 11.0. The van der Waals surface area contributed by atoms with Crippen LogP contribution in [0.15, 0.2) is 191 Å². The molecule has 0 saturated carbocycles. The standard InChI is InChI=1S/C51H30N4O2/c1-5-19-43-37(15-1)38-16-2-6-20-44(38)55(43)36-14-10-12-32(28-36)31-11-9-13-33(27-31)49-52-50(34-23-25-41-39-17-3-7-21-45(39)56-47(41)29-34)54-51(53-49)35-24-26-42-40-18-4-8-22-46(40)57-48(42)30-35/h1-30H. The van der Waals surface area contributed by atoms with Crippen molar-refractivity contribution in [1.29, 1.82) is 0 Å². The molecule has 0 aliphatic carbocycles. The molecule has 0 aliphatic rings. The highest BCUT2D eigenvalue weighted by Crippen LogP contribution is 2.37. The van der Waals surface area contributed by atoms with Crippen LogP contribution in [0.3, 0.4) is 0 Å². The van der Waals surface area contributed by atoms with Crippen LogP contribution in [0.25, 0.3) is 117 Å². The molecule has 4 aromatic heterocycles. The lowest BCUT2D eigenvalue weighted by Gasteiger charge is -2.12. The topological polar surface area (TPSA) is 69.9 Å². The Kier molecular flexibility index (Phi) is 6.83. The van der Waals surface area contributed by atoms with Crippen molar-refractivity contribution in [2.75, 3.05) is 0 Å². The highest BCUT2D eigenvalue weighted by Gasteiger charge is 2.18. The second-order valence-corrected chi connectivity index (χ2v) is 14.4. The molecule has 0 aliphatic heterocycles. The minimum absolute atomic E-state index is 0.556. The van der Waals surface area contributed by atoms with Gasteiger partial charge >= 0.3 is 0 Å². The monoisotopic (exact) mass is 730 g/mol. The first-order chi connectivity index (χ1) is 28.2. The van der Waals surface area contributed by atoms with Gasteiger partial charge in [0.25, 0.3) is 0 Å². The van der Waals surface area contributed by atoms with Crippen molar-refractivity contribution < 1.29 is 8.83 Å². The van der Waals surface area contributed by atoms with Crippen LogP contribution in [-0.2, 0) is 0 Å². The highest BCUT2D eigenvalue weighted by molar-refractivity contribution is 6.09. The van der Waals surface area contributed by atoms with E-state index in [4.69, 9.17) is 23.8 Å². The van der Waals surface area contributed by atoms with Gasteiger partial charge in [0.05, 0.1) is 11.0 Å². The summed E-state index contributed by atoms with van der Waals surface area (Å²) in [6.45, 7) is 0. The Morgan fingerprint density at radius 2 is 0.719 bits per heavy atom. The maximum absolute atomic E-state index is 6.28.